The predicted octanol–water partition coefficient (Wildman–Crippen LogP) is 4.90. The van der Waals surface area contributed by atoms with E-state index in [4.69, 9.17) is 9.73 Å². The molecule has 5 heteroatoms. The Kier molecular flexibility index (Phi) is 5.03. The monoisotopic (exact) mass is 378 g/mol. The number of ether oxygens (including phenoxy) is 1. The van der Waals surface area contributed by atoms with Gasteiger partial charge in [0.2, 0.25) is 0 Å². The second-order valence-electron chi connectivity index (χ2n) is 6.72. The lowest BCUT2D eigenvalue weighted by Crippen LogP contribution is -2.29. The minimum atomic E-state index is -0.0231. The summed E-state index contributed by atoms with van der Waals surface area (Å²) in [6.45, 7) is 4.91. The summed E-state index contributed by atoms with van der Waals surface area (Å²) < 4.78 is 5.57. The van der Waals surface area contributed by atoms with E-state index in [0.717, 1.165) is 41.6 Å². The summed E-state index contributed by atoms with van der Waals surface area (Å²) in [5.41, 5.74) is 3.07. The molecule has 1 fully saturated rings. The Hall–Kier alpha value is -2.53. The van der Waals surface area contributed by atoms with Crippen LogP contribution in [0.3, 0.4) is 0 Å². The van der Waals surface area contributed by atoms with Crippen LogP contribution in [-0.4, -0.2) is 23.7 Å². The van der Waals surface area contributed by atoms with Crippen LogP contribution in [-0.2, 0) is 11.2 Å². The first-order valence-corrected chi connectivity index (χ1v) is 10.1. The van der Waals surface area contributed by atoms with Crippen molar-refractivity contribution in [3.63, 3.8) is 0 Å². The van der Waals surface area contributed by atoms with Gasteiger partial charge in [-0.05, 0) is 66.6 Å². The molecule has 0 aliphatic carbocycles. The van der Waals surface area contributed by atoms with Crippen LogP contribution in [0.15, 0.2) is 58.4 Å². The summed E-state index contributed by atoms with van der Waals surface area (Å²) >= 11 is 1.45. The number of hydrogen-bond donors (Lipinski definition) is 0. The number of fused-ring (bicyclic) bond motifs is 1. The van der Waals surface area contributed by atoms with Gasteiger partial charge in [-0.1, -0.05) is 31.2 Å². The third-order valence-corrected chi connectivity index (χ3v) is 5.74. The normalized spacial score (nSPS) is 20.2. The average molecular weight is 378 g/mol. The van der Waals surface area contributed by atoms with Crippen LogP contribution in [0.25, 0.3) is 6.08 Å². The van der Waals surface area contributed by atoms with Crippen molar-refractivity contribution in [2.45, 2.75) is 32.7 Å². The van der Waals surface area contributed by atoms with Gasteiger partial charge in [-0.25, -0.2) is 0 Å². The largest absolute Gasteiger partial charge is 0.493 e. The van der Waals surface area contributed by atoms with Gasteiger partial charge in [0, 0.05) is 12.5 Å². The minimum absolute atomic E-state index is 0.0231. The van der Waals surface area contributed by atoms with Gasteiger partial charge in [0.1, 0.15) is 5.75 Å². The molecule has 4 nitrogen and oxygen atoms in total. The van der Waals surface area contributed by atoms with E-state index in [1.54, 1.807) is 4.90 Å². The molecule has 0 bridgehead atoms. The van der Waals surface area contributed by atoms with Gasteiger partial charge in [-0.2, -0.15) is 0 Å². The highest BCUT2D eigenvalue weighted by atomic mass is 32.2. The molecule has 0 spiro atoms. The summed E-state index contributed by atoms with van der Waals surface area (Å²) in [5.74, 6) is 0.928. The number of anilines is 1. The summed E-state index contributed by atoms with van der Waals surface area (Å²) in [6.07, 6.45) is 3.82. The van der Waals surface area contributed by atoms with Gasteiger partial charge < -0.3 is 4.74 Å². The zero-order valence-electron chi connectivity index (χ0n) is 15.5. The molecule has 2 aliphatic heterocycles. The van der Waals surface area contributed by atoms with Crippen LogP contribution in [0.2, 0.25) is 0 Å². The summed E-state index contributed by atoms with van der Waals surface area (Å²) in [6, 6.07) is 16.0. The highest BCUT2D eigenvalue weighted by molar-refractivity contribution is 8.19. The van der Waals surface area contributed by atoms with Gasteiger partial charge in [-0.3, -0.25) is 14.7 Å². The second-order valence-corrected chi connectivity index (χ2v) is 7.73. The molecule has 0 N–H and O–H groups in total. The lowest BCUT2D eigenvalue weighted by Gasteiger charge is -2.16. The fraction of sp³-hybridized carbons (Fsp3) is 0.273. The molecule has 1 atom stereocenters. The van der Waals surface area contributed by atoms with E-state index in [0.29, 0.717) is 4.91 Å². The Labute approximate surface area is 163 Å². The van der Waals surface area contributed by atoms with Crippen molar-refractivity contribution in [1.82, 2.24) is 0 Å². The molecular formula is C22H22N2O2S. The van der Waals surface area contributed by atoms with E-state index in [1.807, 2.05) is 48.5 Å². The number of nitrogens with zero attached hydrogens (tertiary/aromatic N) is 2. The lowest BCUT2D eigenvalue weighted by atomic mass is 10.1. The molecule has 1 amide bonds. The molecule has 2 aromatic rings. The van der Waals surface area contributed by atoms with E-state index in [2.05, 4.69) is 19.9 Å². The predicted molar refractivity (Wildman–Crippen MR) is 112 cm³/mol. The van der Waals surface area contributed by atoms with Crippen LogP contribution in [0.4, 0.5) is 5.69 Å². The smallest absolute Gasteiger partial charge is 0.271 e. The number of benzene rings is 2. The van der Waals surface area contributed by atoms with E-state index < -0.39 is 0 Å². The molecule has 2 aromatic carbocycles. The number of thioether (sulfide) groups is 1. The molecule has 1 saturated heterocycles. The lowest BCUT2D eigenvalue weighted by molar-refractivity contribution is -0.113. The van der Waals surface area contributed by atoms with Crippen LogP contribution in [0, 0.1) is 0 Å². The number of amidine groups is 1. The third-order valence-electron chi connectivity index (χ3n) is 4.75. The van der Waals surface area contributed by atoms with Gasteiger partial charge >= 0.3 is 0 Å². The van der Waals surface area contributed by atoms with E-state index in [1.165, 1.54) is 17.3 Å². The van der Waals surface area contributed by atoms with Crippen LogP contribution >= 0.6 is 11.8 Å². The SMILES string of the molecule is CCC(C)/N=C1\S/C(=C\c2ccc3c(c2)CCO3)C(=O)N1c1ccccc1. The molecular weight excluding hydrogens is 356 g/mol. The Morgan fingerprint density at radius 3 is 2.85 bits per heavy atom. The molecule has 0 saturated carbocycles. The summed E-state index contributed by atoms with van der Waals surface area (Å²) in [5, 5.41) is 0.747. The number of rotatable bonds is 4. The first-order chi connectivity index (χ1) is 13.2. The van der Waals surface area contributed by atoms with E-state index in [9.17, 15) is 4.79 Å². The van der Waals surface area contributed by atoms with Crippen LogP contribution < -0.4 is 9.64 Å². The zero-order valence-corrected chi connectivity index (χ0v) is 16.3. The standard InChI is InChI=1S/C22H22N2O2S/c1-3-15(2)23-22-24(18-7-5-4-6-8-18)21(25)20(27-22)14-16-9-10-19-17(13-16)11-12-26-19/h4-10,13-15H,3,11-12H2,1-2H3/b20-14-,23-22-. The molecule has 2 heterocycles. The first kappa shape index (κ1) is 17.9. The quantitative estimate of drug-likeness (QED) is 0.711. The maximum absolute atomic E-state index is 13.2. The van der Waals surface area contributed by atoms with Crippen molar-refractivity contribution in [2.24, 2.45) is 4.99 Å². The minimum Gasteiger partial charge on any atom is -0.493 e. The Morgan fingerprint density at radius 1 is 1.26 bits per heavy atom. The molecule has 4 rings (SSSR count). The van der Waals surface area contributed by atoms with Crippen molar-refractivity contribution in [3.05, 3.63) is 64.6 Å². The van der Waals surface area contributed by atoms with Gasteiger partial charge in [0.15, 0.2) is 5.17 Å². The molecule has 0 radical (unpaired) electrons. The number of amides is 1. The second kappa shape index (κ2) is 7.61. The third kappa shape index (κ3) is 3.65. The van der Waals surface area contributed by atoms with Gasteiger partial charge in [-0.15, -0.1) is 0 Å². The number of carbonyl (C=O) groups excluding carboxylic acids is 1. The first-order valence-electron chi connectivity index (χ1n) is 9.28. The molecule has 2 aliphatic rings. The highest BCUT2D eigenvalue weighted by Crippen LogP contribution is 2.37. The van der Waals surface area contributed by atoms with Crippen molar-refractivity contribution < 1.29 is 9.53 Å². The Balaban J connectivity index is 1.70. The van der Waals surface area contributed by atoms with Gasteiger partial charge in [0.05, 0.1) is 17.2 Å². The maximum atomic E-state index is 13.2. The van der Waals surface area contributed by atoms with E-state index >= 15 is 0 Å². The molecule has 27 heavy (non-hydrogen) atoms. The number of carbonyl (C=O) groups is 1. The van der Waals surface area contributed by atoms with Crippen molar-refractivity contribution in [1.29, 1.82) is 0 Å². The fourth-order valence-corrected chi connectivity index (χ4v) is 4.17. The van der Waals surface area contributed by atoms with Crippen molar-refractivity contribution in [3.8, 4) is 5.75 Å². The number of hydrogen-bond acceptors (Lipinski definition) is 4. The fourth-order valence-electron chi connectivity index (χ4n) is 3.09. The topological polar surface area (TPSA) is 41.9 Å². The van der Waals surface area contributed by atoms with Gasteiger partial charge in [0.25, 0.3) is 5.91 Å². The summed E-state index contributed by atoms with van der Waals surface area (Å²) in [7, 11) is 0. The average Bonchev–Trinajstić information content (AvgIpc) is 3.27. The van der Waals surface area contributed by atoms with Crippen LogP contribution in [0.1, 0.15) is 31.4 Å². The number of aliphatic imine (C=N–C) groups is 1. The Bertz CT molecular complexity index is 921. The molecule has 1 unspecified atom stereocenters. The molecule has 138 valence electrons. The molecule has 0 aromatic heterocycles. The van der Waals surface area contributed by atoms with Crippen molar-refractivity contribution >= 4 is 34.6 Å². The number of para-hydroxylation sites is 1. The maximum Gasteiger partial charge on any atom is 0.271 e. The highest BCUT2D eigenvalue weighted by Gasteiger charge is 2.34. The zero-order chi connectivity index (χ0) is 18.8. The van der Waals surface area contributed by atoms with Crippen molar-refractivity contribution in [2.75, 3.05) is 11.5 Å². The summed E-state index contributed by atoms with van der Waals surface area (Å²) in [4.78, 5) is 20.3. The van der Waals surface area contributed by atoms with E-state index in [-0.39, 0.29) is 11.9 Å². The Morgan fingerprint density at radius 2 is 2.07 bits per heavy atom. The van der Waals surface area contributed by atoms with Crippen LogP contribution in [0.5, 0.6) is 5.75 Å².